The van der Waals surface area contributed by atoms with Crippen LogP contribution >= 0.6 is 0 Å². The van der Waals surface area contributed by atoms with Crippen molar-refractivity contribution in [2.45, 2.75) is 26.8 Å². The van der Waals surface area contributed by atoms with Gasteiger partial charge in [-0.1, -0.05) is 0 Å². The van der Waals surface area contributed by atoms with E-state index in [-0.39, 0.29) is 18.0 Å². The number of amides is 3. The molecular formula is C18H22N4O2. The van der Waals surface area contributed by atoms with Gasteiger partial charge in [-0.25, -0.2) is 4.79 Å². The molecule has 6 heteroatoms. The van der Waals surface area contributed by atoms with Crippen molar-refractivity contribution in [3.63, 3.8) is 0 Å². The molecule has 0 saturated carbocycles. The molecule has 2 rings (SSSR count). The largest absolute Gasteiger partial charge is 0.356 e. The van der Waals surface area contributed by atoms with Gasteiger partial charge in [0.05, 0.1) is 0 Å². The Bertz CT molecular complexity index is 694. The number of urea groups is 1. The van der Waals surface area contributed by atoms with Crippen LogP contribution in [0.3, 0.4) is 0 Å². The minimum absolute atomic E-state index is 0.0893. The molecule has 0 aliphatic rings. The molecule has 3 amide bonds. The van der Waals surface area contributed by atoms with E-state index in [9.17, 15) is 9.59 Å². The number of nitrogens with one attached hydrogen (secondary N) is 4. The van der Waals surface area contributed by atoms with Crippen molar-refractivity contribution in [1.29, 1.82) is 0 Å². The van der Waals surface area contributed by atoms with Gasteiger partial charge in [-0.3, -0.25) is 4.79 Å². The fourth-order valence-electron chi connectivity index (χ4n) is 2.07. The van der Waals surface area contributed by atoms with E-state index in [0.29, 0.717) is 0 Å². The average Bonchev–Trinajstić information content (AvgIpc) is 2.50. The third kappa shape index (κ3) is 5.64. The number of hydrogen-bond donors (Lipinski definition) is 4. The Morgan fingerprint density at radius 1 is 0.750 bits per heavy atom. The van der Waals surface area contributed by atoms with Gasteiger partial charge in [-0.2, -0.15) is 0 Å². The highest BCUT2D eigenvalue weighted by Crippen LogP contribution is 2.20. The van der Waals surface area contributed by atoms with Crippen LogP contribution in [0.25, 0.3) is 0 Å². The molecule has 0 fully saturated rings. The quantitative estimate of drug-likeness (QED) is 0.672. The van der Waals surface area contributed by atoms with Crippen molar-refractivity contribution in [2.75, 3.05) is 16.0 Å². The van der Waals surface area contributed by atoms with Gasteiger partial charge >= 0.3 is 6.03 Å². The zero-order valence-electron chi connectivity index (χ0n) is 14.0. The first-order valence-corrected chi connectivity index (χ1v) is 7.74. The number of rotatable bonds is 5. The van der Waals surface area contributed by atoms with Crippen LogP contribution in [0.15, 0.2) is 48.5 Å². The van der Waals surface area contributed by atoms with E-state index in [1.54, 1.807) is 0 Å². The smallest absolute Gasteiger partial charge is 0.319 e. The van der Waals surface area contributed by atoms with E-state index in [0.717, 1.165) is 22.7 Å². The molecule has 0 radical (unpaired) electrons. The Hall–Kier alpha value is -3.02. The van der Waals surface area contributed by atoms with Crippen molar-refractivity contribution in [1.82, 2.24) is 5.32 Å². The SMILES string of the molecule is CC(=O)Nc1ccc(Nc2ccc(NC(=O)NC(C)C)cc2)cc1. The molecule has 0 aromatic heterocycles. The van der Waals surface area contributed by atoms with E-state index < -0.39 is 0 Å². The van der Waals surface area contributed by atoms with Crippen LogP contribution < -0.4 is 21.3 Å². The number of benzene rings is 2. The molecular weight excluding hydrogens is 304 g/mol. The summed E-state index contributed by atoms with van der Waals surface area (Å²) in [5.41, 5.74) is 3.28. The molecule has 24 heavy (non-hydrogen) atoms. The van der Waals surface area contributed by atoms with E-state index in [4.69, 9.17) is 0 Å². The summed E-state index contributed by atoms with van der Waals surface area (Å²) in [5, 5.41) is 11.5. The Labute approximate surface area is 141 Å². The first kappa shape index (κ1) is 17.3. The summed E-state index contributed by atoms with van der Waals surface area (Å²) in [7, 11) is 0. The molecule has 0 aliphatic heterocycles. The van der Waals surface area contributed by atoms with Crippen molar-refractivity contribution < 1.29 is 9.59 Å². The molecule has 0 spiro atoms. The summed E-state index contributed by atoms with van der Waals surface area (Å²) in [6, 6.07) is 14.7. The van der Waals surface area contributed by atoms with Crippen molar-refractivity contribution in [3.05, 3.63) is 48.5 Å². The molecule has 0 bridgehead atoms. The molecule has 0 aliphatic carbocycles. The minimum atomic E-state index is -0.223. The predicted octanol–water partition coefficient (Wildman–Crippen LogP) is 3.92. The van der Waals surface area contributed by atoms with Crippen LogP contribution in [0, 0.1) is 0 Å². The third-order valence-electron chi connectivity index (χ3n) is 3.06. The van der Waals surface area contributed by atoms with E-state index in [1.807, 2.05) is 62.4 Å². The Balaban J connectivity index is 1.93. The zero-order valence-corrected chi connectivity index (χ0v) is 14.0. The van der Waals surface area contributed by atoms with E-state index in [1.165, 1.54) is 6.92 Å². The maximum atomic E-state index is 11.6. The van der Waals surface area contributed by atoms with Crippen LogP contribution in [-0.4, -0.2) is 18.0 Å². The molecule has 0 saturated heterocycles. The fraction of sp³-hybridized carbons (Fsp3) is 0.222. The minimum Gasteiger partial charge on any atom is -0.356 e. The maximum absolute atomic E-state index is 11.6. The van der Waals surface area contributed by atoms with Crippen molar-refractivity contribution >= 4 is 34.7 Å². The second-order valence-electron chi connectivity index (χ2n) is 5.71. The molecule has 2 aromatic carbocycles. The van der Waals surface area contributed by atoms with Crippen LogP contribution in [0.1, 0.15) is 20.8 Å². The summed E-state index contributed by atoms with van der Waals surface area (Å²) in [4.78, 5) is 22.6. The monoisotopic (exact) mass is 326 g/mol. The molecule has 126 valence electrons. The molecule has 6 nitrogen and oxygen atoms in total. The van der Waals surface area contributed by atoms with Crippen LogP contribution in [0.5, 0.6) is 0 Å². The van der Waals surface area contributed by atoms with Gasteiger partial charge < -0.3 is 21.3 Å². The highest BCUT2D eigenvalue weighted by atomic mass is 16.2. The topological polar surface area (TPSA) is 82.3 Å². The van der Waals surface area contributed by atoms with Crippen molar-refractivity contribution in [3.8, 4) is 0 Å². The highest BCUT2D eigenvalue weighted by Gasteiger charge is 2.03. The summed E-state index contributed by atoms with van der Waals surface area (Å²) >= 11 is 0. The molecule has 0 atom stereocenters. The predicted molar refractivity (Wildman–Crippen MR) is 97.8 cm³/mol. The second kappa shape index (κ2) is 8.01. The molecule has 0 heterocycles. The molecule has 0 unspecified atom stereocenters. The Morgan fingerprint density at radius 3 is 1.58 bits per heavy atom. The van der Waals surface area contributed by atoms with Gasteiger partial charge in [0.15, 0.2) is 0 Å². The highest BCUT2D eigenvalue weighted by molar-refractivity contribution is 5.90. The second-order valence-corrected chi connectivity index (χ2v) is 5.71. The first-order valence-electron chi connectivity index (χ1n) is 7.74. The lowest BCUT2D eigenvalue weighted by molar-refractivity contribution is -0.114. The Morgan fingerprint density at radius 2 is 1.17 bits per heavy atom. The van der Waals surface area contributed by atoms with Crippen LogP contribution in [0.2, 0.25) is 0 Å². The summed E-state index contributed by atoms with van der Waals surface area (Å²) in [6.45, 7) is 5.29. The zero-order chi connectivity index (χ0) is 17.5. The average molecular weight is 326 g/mol. The van der Waals surface area contributed by atoms with E-state index >= 15 is 0 Å². The van der Waals surface area contributed by atoms with Crippen LogP contribution in [0.4, 0.5) is 27.5 Å². The number of carbonyl (C=O) groups excluding carboxylic acids is 2. The summed E-state index contributed by atoms with van der Waals surface area (Å²) < 4.78 is 0. The standard InChI is InChI=1S/C18H22N4O2/c1-12(2)19-18(24)22-17-10-8-16(9-11-17)21-15-6-4-14(5-7-15)20-13(3)23/h4-12,21H,1-3H3,(H,20,23)(H2,19,22,24). The third-order valence-corrected chi connectivity index (χ3v) is 3.06. The van der Waals surface area contributed by atoms with Gasteiger partial charge in [-0.15, -0.1) is 0 Å². The van der Waals surface area contributed by atoms with Gasteiger partial charge in [0.2, 0.25) is 5.91 Å². The molecule has 4 N–H and O–H groups in total. The number of anilines is 4. The van der Waals surface area contributed by atoms with Gasteiger partial charge in [0, 0.05) is 35.7 Å². The lowest BCUT2D eigenvalue weighted by atomic mass is 10.2. The lowest BCUT2D eigenvalue weighted by Gasteiger charge is -2.11. The van der Waals surface area contributed by atoms with Gasteiger partial charge in [0.25, 0.3) is 0 Å². The number of hydrogen-bond acceptors (Lipinski definition) is 3. The van der Waals surface area contributed by atoms with Crippen LogP contribution in [-0.2, 0) is 4.79 Å². The number of carbonyl (C=O) groups is 2. The first-order chi connectivity index (χ1) is 11.4. The Kier molecular flexibility index (Phi) is 5.78. The lowest BCUT2D eigenvalue weighted by Crippen LogP contribution is -2.34. The maximum Gasteiger partial charge on any atom is 0.319 e. The molecule has 2 aromatic rings. The van der Waals surface area contributed by atoms with E-state index in [2.05, 4.69) is 21.3 Å². The van der Waals surface area contributed by atoms with Crippen molar-refractivity contribution in [2.24, 2.45) is 0 Å². The van der Waals surface area contributed by atoms with Gasteiger partial charge in [0.1, 0.15) is 0 Å². The summed E-state index contributed by atoms with van der Waals surface area (Å²) in [5.74, 6) is -0.0969. The summed E-state index contributed by atoms with van der Waals surface area (Å²) in [6.07, 6.45) is 0. The fourth-order valence-corrected chi connectivity index (χ4v) is 2.07. The van der Waals surface area contributed by atoms with Gasteiger partial charge in [-0.05, 0) is 62.4 Å². The normalized spacial score (nSPS) is 10.2.